The number of nitrogens with zero attached hydrogens (tertiary/aromatic N) is 2. The zero-order chi connectivity index (χ0) is 18.6. The molecule has 2 aromatic carbocycles. The molecule has 0 atom stereocenters. The van der Waals surface area contributed by atoms with Crippen molar-refractivity contribution in [2.45, 2.75) is 39.2 Å². The van der Waals surface area contributed by atoms with E-state index in [0.717, 1.165) is 13.0 Å². The molecule has 1 heterocycles. The molecule has 0 aliphatic rings. The van der Waals surface area contributed by atoms with Gasteiger partial charge in [-0.15, -0.1) is 0 Å². The van der Waals surface area contributed by atoms with Gasteiger partial charge in [0, 0.05) is 18.3 Å². The van der Waals surface area contributed by atoms with Gasteiger partial charge in [0.15, 0.2) is 0 Å². The summed E-state index contributed by atoms with van der Waals surface area (Å²) in [5, 5.41) is 7.24. The monoisotopic (exact) mass is 347 g/mol. The first kappa shape index (κ1) is 17.9. The number of amides is 1. The summed E-state index contributed by atoms with van der Waals surface area (Å²) in [7, 11) is 0. The second-order valence-corrected chi connectivity index (χ2v) is 7.51. The first-order valence-corrected chi connectivity index (χ1v) is 8.90. The van der Waals surface area contributed by atoms with Crippen LogP contribution in [0.4, 0.5) is 5.69 Å². The molecule has 4 heteroatoms. The van der Waals surface area contributed by atoms with Crippen LogP contribution in [0.1, 0.15) is 42.3 Å². The van der Waals surface area contributed by atoms with Gasteiger partial charge >= 0.3 is 0 Å². The number of hydrogen-bond acceptors (Lipinski definition) is 2. The molecule has 134 valence electrons. The van der Waals surface area contributed by atoms with Gasteiger partial charge in [-0.2, -0.15) is 5.10 Å². The zero-order valence-corrected chi connectivity index (χ0v) is 15.6. The molecule has 3 rings (SSSR count). The largest absolute Gasteiger partial charge is 0.319 e. The van der Waals surface area contributed by atoms with Gasteiger partial charge < -0.3 is 5.32 Å². The molecule has 0 saturated carbocycles. The van der Waals surface area contributed by atoms with E-state index in [1.807, 2.05) is 53.3 Å². The quantitative estimate of drug-likeness (QED) is 0.729. The van der Waals surface area contributed by atoms with E-state index in [1.165, 1.54) is 11.1 Å². The fourth-order valence-electron chi connectivity index (χ4n) is 2.76. The highest BCUT2D eigenvalue weighted by molar-refractivity contribution is 6.04. The Morgan fingerprint density at radius 2 is 1.73 bits per heavy atom. The van der Waals surface area contributed by atoms with Crippen LogP contribution in [0, 0.1) is 0 Å². The third-order valence-electron chi connectivity index (χ3n) is 4.38. The molecule has 0 radical (unpaired) electrons. The van der Waals surface area contributed by atoms with Crippen molar-refractivity contribution in [2.75, 3.05) is 5.32 Å². The summed E-state index contributed by atoms with van der Waals surface area (Å²) in [6, 6.07) is 18.1. The number of rotatable bonds is 5. The van der Waals surface area contributed by atoms with E-state index in [0.29, 0.717) is 11.3 Å². The highest BCUT2D eigenvalue weighted by Gasteiger charge is 2.14. The van der Waals surface area contributed by atoms with Crippen molar-refractivity contribution in [1.82, 2.24) is 9.78 Å². The fourth-order valence-corrected chi connectivity index (χ4v) is 2.76. The molecule has 0 spiro atoms. The Hall–Kier alpha value is -2.88. The first-order chi connectivity index (χ1) is 12.4. The lowest BCUT2D eigenvalue weighted by atomic mass is 9.87. The molecule has 0 unspecified atom stereocenters. The number of aromatic nitrogens is 2. The van der Waals surface area contributed by atoms with Gasteiger partial charge in [-0.25, -0.2) is 0 Å². The minimum Gasteiger partial charge on any atom is -0.319 e. The zero-order valence-electron chi connectivity index (χ0n) is 15.6. The summed E-state index contributed by atoms with van der Waals surface area (Å²) in [6.45, 7) is 7.25. The lowest BCUT2D eigenvalue weighted by molar-refractivity contribution is 0.102. The van der Waals surface area contributed by atoms with Gasteiger partial charge in [0.05, 0.1) is 11.9 Å². The molecular formula is C22H25N3O. The van der Waals surface area contributed by atoms with E-state index in [2.05, 4.69) is 43.3 Å². The smallest absolute Gasteiger partial charge is 0.255 e. The topological polar surface area (TPSA) is 46.9 Å². The molecule has 0 saturated heterocycles. The Kier molecular flexibility index (Phi) is 5.21. The van der Waals surface area contributed by atoms with Crippen LogP contribution in [0.15, 0.2) is 67.0 Å². The number of nitrogens with one attached hydrogen (secondary N) is 1. The number of aryl methyl sites for hydroxylation is 2. The number of anilines is 1. The van der Waals surface area contributed by atoms with Crippen molar-refractivity contribution in [3.05, 3.63) is 83.7 Å². The minimum absolute atomic E-state index is 0.0783. The normalized spacial score (nSPS) is 11.3. The van der Waals surface area contributed by atoms with Crippen LogP contribution >= 0.6 is 0 Å². The third-order valence-corrected chi connectivity index (χ3v) is 4.38. The Morgan fingerprint density at radius 1 is 1.04 bits per heavy atom. The first-order valence-electron chi connectivity index (χ1n) is 8.90. The predicted octanol–water partition coefficient (Wildman–Crippen LogP) is 4.68. The maximum Gasteiger partial charge on any atom is 0.255 e. The van der Waals surface area contributed by atoms with Gasteiger partial charge in [-0.3, -0.25) is 9.48 Å². The van der Waals surface area contributed by atoms with Crippen LogP contribution in [0.2, 0.25) is 0 Å². The Morgan fingerprint density at radius 3 is 2.38 bits per heavy atom. The van der Waals surface area contributed by atoms with E-state index < -0.39 is 0 Å². The molecular weight excluding hydrogens is 322 g/mol. The average molecular weight is 347 g/mol. The predicted molar refractivity (Wildman–Crippen MR) is 105 cm³/mol. The molecule has 1 amide bonds. The number of carbonyl (C=O) groups is 1. The van der Waals surface area contributed by atoms with Gasteiger partial charge in [0.2, 0.25) is 0 Å². The number of carbonyl (C=O) groups excluding carboxylic acids is 1. The summed E-state index contributed by atoms with van der Waals surface area (Å²) in [5.41, 5.74) is 3.92. The van der Waals surface area contributed by atoms with Crippen molar-refractivity contribution in [2.24, 2.45) is 0 Å². The maximum atomic E-state index is 12.4. The highest BCUT2D eigenvalue weighted by atomic mass is 16.1. The fraction of sp³-hybridized carbons (Fsp3) is 0.273. The van der Waals surface area contributed by atoms with Crippen molar-refractivity contribution >= 4 is 11.6 Å². The van der Waals surface area contributed by atoms with Crippen molar-refractivity contribution in [1.29, 1.82) is 0 Å². The molecule has 1 N–H and O–H groups in total. The van der Waals surface area contributed by atoms with E-state index in [-0.39, 0.29) is 11.3 Å². The van der Waals surface area contributed by atoms with Crippen molar-refractivity contribution in [3.63, 3.8) is 0 Å². The van der Waals surface area contributed by atoms with Crippen LogP contribution in [-0.4, -0.2) is 15.7 Å². The molecule has 3 aromatic rings. The molecule has 4 nitrogen and oxygen atoms in total. The summed E-state index contributed by atoms with van der Waals surface area (Å²) in [6.07, 6.45) is 4.46. The standard InChI is InChI=1S/C22H25N3O/c1-22(2,3)19-11-9-18(10-12-19)21(26)24-20-15-23-25(16-20)14-13-17-7-5-4-6-8-17/h4-12,15-16H,13-14H2,1-3H3,(H,24,26). The molecule has 0 bridgehead atoms. The van der Waals surface area contributed by atoms with Crippen LogP contribution in [0.25, 0.3) is 0 Å². The van der Waals surface area contributed by atoms with Gasteiger partial charge in [-0.1, -0.05) is 63.2 Å². The lowest BCUT2D eigenvalue weighted by Gasteiger charge is -2.18. The third kappa shape index (κ3) is 4.60. The molecule has 0 aliphatic carbocycles. The van der Waals surface area contributed by atoms with Gasteiger partial charge in [0.25, 0.3) is 5.91 Å². The maximum absolute atomic E-state index is 12.4. The van der Waals surface area contributed by atoms with Crippen LogP contribution in [0.5, 0.6) is 0 Å². The number of hydrogen-bond donors (Lipinski definition) is 1. The SMILES string of the molecule is CC(C)(C)c1ccc(C(=O)Nc2cnn(CCc3ccccc3)c2)cc1. The van der Waals surface area contributed by atoms with E-state index in [4.69, 9.17) is 0 Å². The van der Waals surface area contributed by atoms with Crippen molar-refractivity contribution < 1.29 is 4.79 Å². The second kappa shape index (κ2) is 7.56. The molecule has 26 heavy (non-hydrogen) atoms. The Balaban J connectivity index is 1.59. The minimum atomic E-state index is -0.118. The molecule has 1 aromatic heterocycles. The van der Waals surface area contributed by atoms with E-state index in [9.17, 15) is 4.79 Å². The summed E-state index contributed by atoms with van der Waals surface area (Å²) in [5.74, 6) is -0.118. The Bertz CT molecular complexity index is 858. The Labute approximate surface area is 154 Å². The van der Waals surface area contributed by atoms with E-state index in [1.54, 1.807) is 6.20 Å². The van der Waals surface area contributed by atoms with E-state index >= 15 is 0 Å². The summed E-state index contributed by atoms with van der Waals surface area (Å²) < 4.78 is 1.85. The van der Waals surface area contributed by atoms with Crippen LogP contribution in [0.3, 0.4) is 0 Å². The average Bonchev–Trinajstić information content (AvgIpc) is 3.07. The van der Waals surface area contributed by atoms with Gasteiger partial charge in [0.1, 0.15) is 0 Å². The molecule has 0 fully saturated rings. The van der Waals surface area contributed by atoms with Gasteiger partial charge in [-0.05, 0) is 35.1 Å². The highest BCUT2D eigenvalue weighted by Crippen LogP contribution is 2.22. The van der Waals surface area contributed by atoms with Crippen molar-refractivity contribution in [3.8, 4) is 0 Å². The summed E-state index contributed by atoms with van der Waals surface area (Å²) in [4.78, 5) is 12.4. The molecule has 0 aliphatic heterocycles. The van der Waals surface area contributed by atoms with Crippen LogP contribution < -0.4 is 5.32 Å². The van der Waals surface area contributed by atoms with Crippen LogP contribution in [-0.2, 0) is 18.4 Å². The second-order valence-electron chi connectivity index (χ2n) is 7.51. The lowest BCUT2D eigenvalue weighted by Crippen LogP contribution is -2.14. The summed E-state index contributed by atoms with van der Waals surface area (Å²) >= 11 is 0. The number of benzene rings is 2.